The highest BCUT2D eigenvalue weighted by Crippen LogP contribution is 2.44. The Labute approximate surface area is 204 Å². The SMILES string of the molecule is COc1cc(Cl)cc2cc(C(=O)C3=C(O)C(=O)N(c4ccc(C)c(C)c4)C3c3cccs3)oc12. The van der Waals surface area contributed by atoms with Gasteiger partial charge >= 0.3 is 0 Å². The second kappa shape index (κ2) is 8.34. The molecule has 1 amide bonds. The zero-order chi connectivity index (χ0) is 24.1. The smallest absolute Gasteiger partial charge is 0.294 e. The highest BCUT2D eigenvalue weighted by atomic mass is 35.5. The molecule has 2 aromatic heterocycles. The predicted molar refractivity (Wildman–Crippen MR) is 132 cm³/mol. The van der Waals surface area contributed by atoms with E-state index in [-0.39, 0.29) is 11.3 Å². The lowest BCUT2D eigenvalue weighted by atomic mass is 9.99. The molecule has 0 saturated heterocycles. The number of thiophene rings is 1. The fourth-order valence-corrected chi connectivity index (χ4v) is 5.22. The van der Waals surface area contributed by atoms with E-state index in [0.717, 1.165) is 16.0 Å². The van der Waals surface area contributed by atoms with E-state index in [0.29, 0.717) is 27.4 Å². The largest absolute Gasteiger partial charge is 0.503 e. The van der Waals surface area contributed by atoms with Gasteiger partial charge in [0.15, 0.2) is 22.9 Å². The van der Waals surface area contributed by atoms with Gasteiger partial charge in [-0.3, -0.25) is 14.5 Å². The summed E-state index contributed by atoms with van der Waals surface area (Å²) in [5.41, 5.74) is 2.99. The first-order chi connectivity index (χ1) is 16.3. The second-order valence-electron chi connectivity index (χ2n) is 8.09. The van der Waals surface area contributed by atoms with E-state index >= 15 is 0 Å². The molecule has 1 aliphatic rings. The molecule has 0 radical (unpaired) electrons. The zero-order valence-corrected chi connectivity index (χ0v) is 20.2. The minimum Gasteiger partial charge on any atom is -0.503 e. The summed E-state index contributed by atoms with van der Waals surface area (Å²) in [6, 6.07) is 13.3. The molecule has 0 spiro atoms. The molecule has 0 saturated carbocycles. The first-order valence-electron chi connectivity index (χ1n) is 10.5. The van der Waals surface area contributed by atoms with Crippen LogP contribution in [0, 0.1) is 13.8 Å². The lowest BCUT2D eigenvalue weighted by Crippen LogP contribution is -2.30. The average molecular weight is 494 g/mol. The maximum absolute atomic E-state index is 13.7. The standard InChI is InChI=1S/C26H20ClNO5S/c1-13-6-7-17(9-14(13)2)28-22(20-5-4-8-34-20)21(24(30)26(28)31)23(29)18-11-15-10-16(27)12-19(32-3)25(15)33-18/h4-12,22,30H,1-3H3. The van der Waals surface area contributed by atoms with Crippen molar-refractivity contribution in [1.29, 1.82) is 0 Å². The molecule has 1 unspecified atom stereocenters. The summed E-state index contributed by atoms with van der Waals surface area (Å²) in [6.45, 7) is 3.93. The predicted octanol–water partition coefficient (Wildman–Crippen LogP) is 6.56. The number of carbonyl (C=O) groups excluding carboxylic acids is 2. The number of hydrogen-bond donors (Lipinski definition) is 1. The molecule has 6 nitrogen and oxygen atoms in total. The lowest BCUT2D eigenvalue weighted by molar-refractivity contribution is -0.117. The van der Waals surface area contributed by atoms with Crippen LogP contribution >= 0.6 is 22.9 Å². The topological polar surface area (TPSA) is 80.0 Å². The lowest BCUT2D eigenvalue weighted by Gasteiger charge is -2.26. The first kappa shape index (κ1) is 22.3. The van der Waals surface area contributed by atoms with Crippen molar-refractivity contribution in [2.24, 2.45) is 0 Å². The Bertz CT molecular complexity index is 1480. The van der Waals surface area contributed by atoms with Crippen LogP contribution in [0.15, 0.2) is 69.7 Å². The highest BCUT2D eigenvalue weighted by molar-refractivity contribution is 7.10. The maximum Gasteiger partial charge on any atom is 0.294 e. The summed E-state index contributed by atoms with van der Waals surface area (Å²) in [4.78, 5) is 29.2. The summed E-state index contributed by atoms with van der Waals surface area (Å²) in [5, 5.41) is 13.8. The molecular weight excluding hydrogens is 474 g/mol. The number of furan rings is 1. The van der Waals surface area contributed by atoms with Crippen molar-refractivity contribution in [3.63, 3.8) is 0 Å². The first-order valence-corrected chi connectivity index (χ1v) is 11.7. The van der Waals surface area contributed by atoms with Crippen LogP contribution in [-0.4, -0.2) is 23.9 Å². The number of nitrogens with zero attached hydrogens (tertiary/aromatic N) is 1. The fraction of sp³-hybridized carbons (Fsp3) is 0.154. The number of ketones is 1. The van der Waals surface area contributed by atoms with Crippen molar-refractivity contribution in [1.82, 2.24) is 0 Å². The molecule has 4 aromatic rings. The third kappa shape index (κ3) is 3.48. The molecule has 34 heavy (non-hydrogen) atoms. The fourth-order valence-electron chi connectivity index (χ4n) is 4.18. The van der Waals surface area contributed by atoms with Crippen molar-refractivity contribution in [2.75, 3.05) is 12.0 Å². The minimum atomic E-state index is -0.791. The number of ether oxygens (including phenoxy) is 1. The van der Waals surface area contributed by atoms with Gasteiger partial charge in [-0.2, -0.15) is 0 Å². The third-order valence-electron chi connectivity index (χ3n) is 6.02. The Morgan fingerprint density at radius 1 is 1.15 bits per heavy atom. The van der Waals surface area contributed by atoms with Crippen LogP contribution in [0.3, 0.4) is 0 Å². The maximum atomic E-state index is 13.7. The van der Waals surface area contributed by atoms with Gasteiger partial charge in [-0.05, 0) is 60.7 Å². The molecule has 0 bridgehead atoms. The molecule has 1 aliphatic heterocycles. The molecule has 1 N–H and O–H groups in total. The summed E-state index contributed by atoms with van der Waals surface area (Å²) < 4.78 is 11.2. The summed E-state index contributed by atoms with van der Waals surface area (Å²) >= 11 is 7.56. The van der Waals surface area contributed by atoms with Crippen LogP contribution in [0.5, 0.6) is 5.75 Å². The average Bonchev–Trinajstić information content (AvgIpc) is 3.54. The normalized spacial score (nSPS) is 16.1. The number of anilines is 1. The number of aliphatic hydroxyl groups excluding tert-OH is 1. The quantitative estimate of drug-likeness (QED) is 0.318. The molecule has 0 aliphatic carbocycles. The summed E-state index contributed by atoms with van der Waals surface area (Å²) in [7, 11) is 1.48. The second-order valence-corrected chi connectivity index (χ2v) is 9.51. The van der Waals surface area contributed by atoms with Gasteiger partial charge in [0.1, 0.15) is 6.04 Å². The number of carbonyl (C=O) groups is 2. The van der Waals surface area contributed by atoms with Gasteiger partial charge in [0.2, 0.25) is 5.78 Å². The number of benzene rings is 2. The Balaban J connectivity index is 1.65. The minimum absolute atomic E-state index is 0.0200. The van der Waals surface area contributed by atoms with E-state index in [4.69, 9.17) is 20.8 Å². The number of fused-ring (bicyclic) bond motifs is 1. The number of hydrogen-bond acceptors (Lipinski definition) is 6. The van der Waals surface area contributed by atoms with E-state index in [1.807, 2.05) is 49.6 Å². The zero-order valence-electron chi connectivity index (χ0n) is 18.6. The molecule has 172 valence electrons. The molecule has 2 aromatic carbocycles. The number of methoxy groups -OCH3 is 1. The Morgan fingerprint density at radius 2 is 1.94 bits per heavy atom. The van der Waals surface area contributed by atoms with Crippen LogP contribution in [0.4, 0.5) is 5.69 Å². The van der Waals surface area contributed by atoms with Crippen LogP contribution in [-0.2, 0) is 4.79 Å². The molecule has 1 atom stereocenters. The summed E-state index contributed by atoms with van der Waals surface area (Å²) in [6.07, 6.45) is 0. The van der Waals surface area contributed by atoms with Crippen LogP contribution in [0.2, 0.25) is 5.02 Å². The van der Waals surface area contributed by atoms with E-state index in [9.17, 15) is 14.7 Å². The number of halogens is 1. The van der Waals surface area contributed by atoms with Gasteiger partial charge in [0, 0.05) is 27.0 Å². The van der Waals surface area contributed by atoms with Gasteiger partial charge in [-0.1, -0.05) is 23.7 Å². The summed E-state index contributed by atoms with van der Waals surface area (Å²) in [5.74, 6) is -1.44. The Morgan fingerprint density at radius 3 is 2.62 bits per heavy atom. The molecular formula is C26H20ClNO5S. The van der Waals surface area contributed by atoms with Gasteiger partial charge in [0.05, 0.1) is 12.7 Å². The van der Waals surface area contributed by atoms with E-state index in [1.165, 1.54) is 23.3 Å². The van der Waals surface area contributed by atoms with E-state index in [1.54, 1.807) is 18.2 Å². The van der Waals surface area contributed by atoms with Gasteiger partial charge < -0.3 is 14.3 Å². The van der Waals surface area contributed by atoms with Crippen LogP contribution in [0.1, 0.15) is 32.6 Å². The van der Waals surface area contributed by atoms with Gasteiger partial charge in [-0.15, -0.1) is 11.3 Å². The van der Waals surface area contributed by atoms with Gasteiger partial charge in [-0.25, -0.2) is 0 Å². The van der Waals surface area contributed by atoms with Crippen molar-refractivity contribution >= 4 is 51.3 Å². The molecule has 5 rings (SSSR count). The number of aliphatic hydroxyl groups is 1. The number of amides is 1. The molecule has 0 fully saturated rings. The highest BCUT2D eigenvalue weighted by Gasteiger charge is 2.46. The number of rotatable bonds is 5. The third-order valence-corrected chi connectivity index (χ3v) is 7.17. The number of aryl methyl sites for hydroxylation is 2. The van der Waals surface area contributed by atoms with Crippen molar-refractivity contribution in [3.05, 3.63) is 92.0 Å². The van der Waals surface area contributed by atoms with Crippen LogP contribution in [0.25, 0.3) is 11.0 Å². The van der Waals surface area contributed by atoms with Crippen molar-refractivity contribution in [3.8, 4) is 5.75 Å². The molecule has 3 heterocycles. The Kier molecular flexibility index (Phi) is 5.46. The van der Waals surface area contributed by atoms with E-state index in [2.05, 4.69) is 0 Å². The van der Waals surface area contributed by atoms with Crippen LogP contribution < -0.4 is 9.64 Å². The number of Topliss-reactive ketones (excluding diaryl/α,β-unsaturated/α-hetero) is 1. The van der Waals surface area contributed by atoms with E-state index < -0.39 is 23.5 Å². The Hall–Kier alpha value is -3.55. The monoisotopic (exact) mass is 493 g/mol. The molecule has 8 heteroatoms. The van der Waals surface area contributed by atoms with Gasteiger partial charge in [0.25, 0.3) is 5.91 Å². The van der Waals surface area contributed by atoms with Crippen molar-refractivity contribution in [2.45, 2.75) is 19.9 Å². The van der Waals surface area contributed by atoms with Crippen molar-refractivity contribution < 1.29 is 23.8 Å².